The fraction of sp³-hybridized carbons (Fsp3) is 0. The van der Waals surface area contributed by atoms with Crippen LogP contribution in [-0.4, -0.2) is 10.9 Å². The lowest BCUT2D eigenvalue weighted by Crippen LogP contribution is -2.10. The first kappa shape index (κ1) is 11.4. The molecule has 0 aliphatic rings. The van der Waals surface area contributed by atoms with Crippen molar-refractivity contribution in [2.75, 3.05) is 0 Å². The van der Waals surface area contributed by atoms with Gasteiger partial charge in [0.1, 0.15) is 0 Å². The van der Waals surface area contributed by atoms with Gasteiger partial charge in [-0.25, -0.2) is 0 Å². The number of amides is 1. The predicted molar refractivity (Wildman–Crippen MR) is 75.7 cm³/mol. The number of nitrogens with two attached hydrogens (primary N) is 1. The minimum absolute atomic E-state index is 0.411. The summed E-state index contributed by atoms with van der Waals surface area (Å²) in [5.41, 5.74) is 8.86. The van der Waals surface area contributed by atoms with Crippen LogP contribution in [0.15, 0.2) is 60.8 Å². The Morgan fingerprint density at radius 3 is 2.42 bits per heavy atom. The molecule has 92 valence electrons. The van der Waals surface area contributed by atoms with Crippen molar-refractivity contribution in [3.05, 3.63) is 66.4 Å². The third-order valence-electron chi connectivity index (χ3n) is 3.13. The molecule has 3 heteroatoms. The SMILES string of the molecule is NC(=O)c1ccc(-c2ccnc3ccccc23)cc1. The van der Waals surface area contributed by atoms with E-state index in [1.807, 2.05) is 42.5 Å². The van der Waals surface area contributed by atoms with Gasteiger partial charge in [0.2, 0.25) is 5.91 Å². The molecule has 2 N–H and O–H groups in total. The van der Waals surface area contributed by atoms with Crippen LogP contribution in [0.1, 0.15) is 10.4 Å². The summed E-state index contributed by atoms with van der Waals surface area (Å²) in [6, 6.07) is 17.3. The molecule has 0 atom stereocenters. The summed E-state index contributed by atoms with van der Waals surface area (Å²) >= 11 is 0. The molecular weight excluding hydrogens is 236 g/mol. The summed E-state index contributed by atoms with van der Waals surface area (Å²) < 4.78 is 0. The van der Waals surface area contributed by atoms with E-state index < -0.39 is 5.91 Å². The maximum atomic E-state index is 11.1. The molecular formula is C16H12N2O. The Kier molecular flexibility index (Phi) is 2.72. The van der Waals surface area contributed by atoms with E-state index >= 15 is 0 Å². The number of primary amides is 1. The van der Waals surface area contributed by atoms with Crippen LogP contribution in [0, 0.1) is 0 Å². The van der Waals surface area contributed by atoms with Gasteiger partial charge in [0.15, 0.2) is 0 Å². The number of aromatic nitrogens is 1. The average Bonchev–Trinajstić information content (AvgIpc) is 2.47. The molecule has 19 heavy (non-hydrogen) atoms. The number of hydrogen-bond donors (Lipinski definition) is 1. The summed E-state index contributed by atoms with van der Waals surface area (Å²) in [6.07, 6.45) is 1.79. The fourth-order valence-corrected chi connectivity index (χ4v) is 2.16. The van der Waals surface area contributed by atoms with Crippen molar-refractivity contribution in [2.45, 2.75) is 0 Å². The van der Waals surface area contributed by atoms with E-state index in [1.165, 1.54) is 0 Å². The Labute approximate surface area is 110 Å². The lowest BCUT2D eigenvalue weighted by molar-refractivity contribution is 0.100. The van der Waals surface area contributed by atoms with E-state index in [1.54, 1.807) is 18.3 Å². The number of nitrogens with zero attached hydrogens (tertiary/aromatic N) is 1. The maximum absolute atomic E-state index is 11.1. The summed E-state index contributed by atoms with van der Waals surface area (Å²) in [5, 5.41) is 1.09. The molecule has 3 aromatic rings. The van der Waals surface area contributed by atoms with Crippen LogP contribution in [0.4, 0.5) is 0 Å². The number of para-hydroxylation sites is 1. The molecule has 3 rings (SSSR count). The van der Waals surface area contributed by atoms with Gasteiger partial charge in [0.25, 0.3) is 0 Å². The molecule has 0 saturated heterocycles. The van der Waals surface area contributed by atoms with Crippen LogP contribution < -0.4 is 5.73 Å². The van der Waals surface area contributed by atoms with Gasteiger partial charge in [-0.2, -0.15) is 0 Å². The number of pyridine rings is 1. The smallest absolute Gasteiger partial charge is 0.248 e. The molecule has 0 saturated carbocycles. The highest BCUT2D eigenvalue weighted by Gasteiger charge is 2.05. The second-order valence-corrected chi connectivity index (χ2v) is 4.32. The van der Waals surface area contributed by atoms with Gasteiger partial charge >= 0.3 is 0 Å². The molecule has 0 radical (unpaired) electrons. The molecule has 2 aromatic carbocycles. The van der Waals surface area contributed by atoms with Gasteiger partial charge in [0, 0.05) is 17.1 Å². The Balaban J connectivity index is 2.16. The summed E-state index contributed by atoms with van der Waals surface area (Å²) in [7, 11) is 0. The fourth-order valence-electron chi connectivity index (χ4n) is 2.16. The molecule has 0 fully saturated rings. The number of hydrogen-bond acceptors (Lipinski definition) is 2. The van der Waals surface area contributed by atoms with Gasteiger partial charge in [-0.05, 0) is 35.4 Å². The average molecular weight is 248 g/mol. The largest absolute Gasteiger partial charge is 0.366 e. The normalized spacial score (nSPS) is 10.5. The van der Waals surface area contributed by atoms with Crippen molar-refractivity contribution in [2.24, 2.45) is 5.73 Å². The number of carbonyl (C=O) groups is 1. The number of carbonyl (C=O) groups excluding carboxylic acids is 1. The van der Waals surface area contributed by atoms with Crippen molar-refractivity contribution in [1.29, 1.82) is 0 Å². The van der Waals surface area contributed by atoms with Gasteiger partial charge < -0.3 is 5.73 Å². The molecule has 0 aliphatic carbocycles. The minimum Gasteiger partial charge on any atom is -0.366 e. The molecule has 3 nitrogen and oxygen atoms in total. The molecule has 0 unspecified atom stereocenters. The first-order valence-corrected chi connectivity index (χ1v) is 6.00. The predicted octanol–water partition coefficient (Wildman–Crippen LogP) is 3.00. The zero-order valence-electron chi connectivity index (χ0n) is 10.2. The van der Waals surface area contributed by atoms with E-state index in [4.69, 9.17) is 5.73 Å². The van der Waals surface area contributed by atoms with E-state index in [0.29, 0.717) is 5.56 Å². The Morgan fingerprint density at radius 2 is 1.68 bits per heavy atom. The highest BCUT2D eigenvalue weighted by molar-refractivity contribution is 5.96. The Bertz CT molecular complexity index is 743. The van der Waals surface area contributed by atoms with Crippen LogP contribution >= 0.6 is 0 Å². The standard InChI is InChI=1S/C16H12N2O/c17-16(19)12-7-5-11(6-8-12)13-9-10-18-15-4-2-1-3-14(13)15/h1-10H,(H2,17,19). The van der Waals surface area contributed by atoms with Crippen molar-refractivity contribution in [1.82, 2.24) is 4.98 Å². The zero-order chi connectivity index (χ0) is 13.2. The molecule has 0 spiro atoms. The molecule has 1 amide bonds. The lowest BCUT2D eigenvalue weighted by atomic mass is 10.0. The topological polar surface area (TPSA) is 56.0 Å². The van der Waals surface area contributed by atoms with Crippen LogP contribution in [0.2, 0.25) is 0 Å². The Hall–Kier alpha value is -2.68. The molecule has 0 aliphatic heterocycles. The number of rotatable bonds is 2. The second-order valence-electron chi connectivity index (χ2n) is 4.32. The molecule has 0 bridgehead atoms. The summed E-state index contributed by atoms with van der Waals surface area (Å²) in [6.45, 7) is 0. The highest BCUT2D eigenvalue weighted by Crippen LogP contribution is 2.27. The zero-order valence-corrected chi connectivity index (χ0v) is 10.2. The molecule has 1 heterocycles. The summed E-state index contributed by atoms with van der Waals surface area (Å²) in [5.74, 6) is -0.411. The van der Waals surface area contributed by atoms with Crippen molar-refractivity contribution in [3.8, 4) is 11.1 Å². The van der Waals surface area contributed by atoms with Crippen molar-refractivity contribution in [3.63, 3.8) is 0 Å². The van der Waals surface area contributed by atoms with E-state index in [0.717, 1.165) is 22.0 Å². The van der Waals surface area contributed by atoms with E-state index in [9.17, 15) is 4.79 Å². The highest BCUT2D eigenvalue weighted by atomic mass is 16.1. The molecule has 1 aromatic heterocycles. The lowest BCUT2D eigenvalue weighted by Gasteiger charge is -2.06. The third kappa shape index (κ3) is 2.06. The third-order valence-corrected chi connectivity index (χ3v) is 3.13. The second kappa shape index (κ2) is 4.53. The van der Waals surface area contributed by atoms with Gasteiger partial charge in [0.05, 0.1) is 5.52 Å². The summed E-state index contributed by atoms with van der Waals surface area (Å²) in [4.78, 5) is 15.4. The first-order chi connectivity index (χ1) is 9.25. The van der Waals surface area contributed by atoms with Crippen LogP contribution in [0.5, 0.6) is 0 Å². The monoisotopic (exact) mass is 248 g/mol. The van der Waals surface area contributed by atoms with Crippen molar-refractivity contribution < 1.29 is 4.79 Å². The van der Waals surface area contributed by atoms with Crippen molar-refractivity contribution >= 4 is 16.8 Å². The van der Waals surface area contributed by atoms with E-state index in [-0.39, 0.29) is 0 Å². The minimum atomic E-state index is -0.411. The van der Waals surface area contributed by atoms with Gasteiger partial charge in [-0.1, -0.05) is 30.3 Å². The van der Waals surface area contributed by atoms with Gasteiger partial charge in [-0.3, -0.25) is 9.78 Å². The van der Waals surface area contributed by atoms with E-state index in [2.05, 4.69) is 4.98 Å². The Morgan fingerprint density at radius 1 is 0.947 bits per heavy atom. The quantitative estimate of drug-likeness (QED) is 0.758. The number of benzene rings is 2. The van der Waals surface area contributed by atoms with Gasteiger partial charge in [-0.15, -0.1) is 0 Å². The van der Waals surface area contributed by atoms with Crippen LogP contribution in [0.25, 0.3) is 22.0 Å². The van der Waals surface area contributed by atoms with Crippen LogP contribution in [-0.2, 0) is 0 Å². The maximum Gasteiger partial charge on any atom is 0.248 e. The number of fused-ring (bicyclic) bond motifs is 1. The van der Waals surface area contributed by atoms with Crippen LogP contribution in [0.3, 0.4) is 0 Å². The first-order valence-electron chi connectivity index (χ1n) is 6.00.